The molecule has 0 spiro atoms. The van der Waals surface area contributed by atoms with Crippen molar-refractivity contribution in [3.8, 4) is 0 Å². The van der Waals surface area contributed by atoms with Crippen LogP contribution in [0.4, 0.5) is 0 Å². The highest BCUT2D eigenvalue weighted by molar-refractivity contribution is 5.93. The van der Waals surface area contributed by atoms with Gasteiger partial charge in [0.1, 0.15) is 5.69 Å². The smallest absolute Gasteiger partial charge is 0.308 e. The first-order valence-corrected chi connectivity index (χ1v) is 7.47. The Bertz CT molecular complexity index is 513. The molecule has 7 heteroatoms. The second-order valence-electron chi connectivity index (χ2n) is 5.34. The van der Waals surface area contributed by atoms with E-state index in [-0.39, 0.29) is 12.5 Å². The van der Waals surface area contributed by atoms with E-state index in [4.69, 9.17) is 9.84 Å². The topological polar surface area (TPSA) is 84.7 Å². The fourth-order valence-electron chi connectivity index (χ4n) is 2.16. The van der Waals surface area contributed by atoms with Gasteiger partial charge < -0.3 is 14.7 Å². The zero-order chi connectivity index (χ0) is 16.7. The van der Waals surface area contributed by atoms with E-state index in [1.807, 2.05) is 13.8 Å². The standard InChI is InChI=1S/C15H25N3O4/c1-5-22-8-6-7-18(10-11(2)15(20)21)14(19)13-9-12(3)16-17(13)4/h9,11H,5-8,10H2,1-4H3,(H,20,21). The molecule has 0 saturated carbocycles. The number of hydrogen-bond donors (Lipinski definition) is 1. The van der Waals surface area contributed by atoms with Crippen molar-refractivity contribution in [3.63, 3.8) is 0 Å². The van der Waals surface area contributed by atoms with Crippen molar-refractivity contribution in [1.82, 2.24) is 14.7 Å². The molecule has 0 fully saturated rings. The van der Waals surface area contributed by atoms with Gasteiger partial charge in [0.2, 0.25) is 0 Å². The van der Waals surface area contributed by atoms with Gasteiger partial charge in [0.05, 0.1) is 11.6 Å². The normalized spacial score (nSPS) is 12.2. The molecule has 1 unspecified atom stereocenters. The quantitative estimate of drug-likeness (QED) is 0.695. The van der Waals surface area contributed by atoms with Crippen LogP contribution in [-0.4, -0.2) is 58.0 Å². The highest BCUT2D eigenvalue weighted by atomic mass is 16.5. The highest BCUT2D eigenvalue weighted by Crippen LogP contribution is 2.10. The number of nitrogens with zero attached hydrogens (tertiary/aromatic N) is 3. The van der Waals surface area contributed by atoms with Crippen LogP contribution >= 0.6 is 0 Å². The first kappa shape index (κ1) is 18.2. The second-order valence-corrected chi connectivity index (χ2v) is 5.34. The summed E-state index contributed by atoms with van der Waals surface area (Å²) in [6, 6.07) is 1.71. The summed E-state index contributed by atoms with van der Waals surface area (Å²) in [6.07, 6.45) is 0.669. The molecule has 22 heavy (non-hydrogen) atoms. The SMILES string of the molecule is CCOCCCN(CC(C)C(=O)O)C(=O)c1cc(C)nn1C. The summed E-state index contributed by atoms with van der Waals surface area (Å²) >= 11 is 0. The minimum absolute atomic E-state index is 0.171. The fourth-order valence-corrected chi connectivity index (χ4v) is 2.16. The minimum atomic E-state index is -0.913. The Balaban J connectivity index is 2.80. The first-order chi connectivity index (χ1) is 10.4. The van der Waals surface area contributed by atoms with E-state index in [0.29, 0.717) is 31.9 Å². The van der Waals surface area contributed by atoms with Crippen LogP contribution in [0.15, 0.2) is 6.07 Å². The number of carbonyl (C=O) groups excluding carboxylic acids is 1. The van der Waals surface area contributed by atoms with Gasteiger partial charge in [0, 0.05) is 33.4 Å². The summed E-state index contributed by atoms with van der Waals surface area (Å²) in [6.45, 7) is 7.13. The van der Waals surface area contributed by atoms with E-state index in [1.54, 1.807) is 24.9 Å². The van der Waals surface area contributed by atoms with Gasteiger partial charge >= 0.3 is 5.97 Å². The minimum Gasteiger partial charge on any atom is -0.481 e. The Kier molecular flexibility index (Phi) is 7.04. The second kappa shape index (κ2) is 8.53. The number of carboxylic acid groups (broad SMARTS) is 1. The van der Waals surface area contributed by atoms with Crippen molar-refractivity contribution in [2.24, 2.45) is 13.0 Å². The lowest BCUT2D eigenvalue weighted by molar-refractivity contribution is -0.141. The highest BCUT2D eigenvalue weighted by Gasteiger charge is 2.23. The molecule has 1 rings (SSSR count). The predicted molar refractivity (Wildman–Crippen MR) is 81.8 cm³/mol. The third-order valence-electron chi connectivity index (χ3n) is 3.34. The molecule has 0 radical (unpaired) electrons. The molecule has 7 nitrogen and oxygen atoms in total. The maximum atomic E-state index is 12.6. The van der Waals surface area contributed by atoms with E-state index in [2.05, 4.69) is 5.10 Å². The summed E-state index contributed by atoms with van der Waals surface area (Å²) < 4.78 is 6.80. The summed E-state index contributed by atoms with van der Waals surface area (Å²) in [5.41, 5.74) is 1.22. The number of amides is 1. The van der Waals surface area contributed by atoms with E-state index < -0.39 is 11.9 Å². The Labute approximate surface area is 130 Å². The Morgan fingerprint density at radius 1 is 1.50 bits per heavy atom. The van der Waals surface area contributed by atoms with Gasteiger partial charge in [0.15, 0.2) is 0 Å². The molecule has 124 valence electrons. The van der Waals surface area contributed by atoms with Crippen LogP contribution in [0.25, 0.3) is 0 Å². The molecule has 0 aliphatic carbocycles. The Hall–Kier alpha value is -1.89. The van der Waals surface area contributed by atoms with Gasteiger partial charge in [-0.3, -0.25) is 14.3 Å². The number of rotatable bonds is 9. The van der Waals surface area contributed by atoms with Gasteiger partial charge in [-0.1, -0.05) is 6.92 Å². The van der Waals surface area contributed by atoms with Crippen LogP contribution in [-0.2, 0) is 16.6 Å². The van der Waals surface area contributed by atoms with Crippen molar-refractivity contribution in [1.29, 1.82) is 0 Å². The van der Waals surface area contributed by atoms with E-state index >= 15 is 0 Å². The van der Waals surface area contributed by atoms with Crippen LogP contribution in [0.1, 0.15) is 36.5 Å². The Morgan fingerprint density at radius 3 is 2.68 bits per heavy atom. The van der Waals surface area contributed by atoms with Crippen molar-refractivity contribution >= 4 is 11.9 Å². The number of hydrogen-bond acceptors (Lipinski definition) is 4. The van der Waals surface area contributed by atoms with Crippen molar-refractivity contribution in [2.75, 3.05) is 26.3 Å². The van der Waals surface area contributed by atoms with Crippen molar-refractivity contribution in [2.45, 2.75) is 27.2 Å². The predicted octanol–water partition coefficient (Wildman–Crippen LogP) is 1.32. The average Bonchev–Trinajstić information content (AvgIpc) is 2.79. The van der Waals surface area contributed by atoms with E-state index in [1.165, 1.54) is 4.68 Å². The molecule has 1 N–H and O–H groups in total. The maximum absolute atomic E-state index is 12.6. The molecular weight excluding hydrogens is 286 g/mol. The van der Waals surface area contributed by atoms with Gasteiger partial charge in [-0.25, -0.2) is 0 Å². The van der Waals surface area contributed by atoms with E-state index in [9.17, 15) is 9.59 Å². The molecule has 1 atom stereocenters. The van der Waals surface area contributed by atoms with Crippen LogP contribution < -0.4 is 0 Å². The maximum Gasteiger partial charge on any atom is 0.308 e. The molecule has 0 aliphatic heterocycles. The number of aliphatic carboxylic acids is 1. The van der Waals surface area contributed by atoms with Gasteiger partial charge in [0.25, 0.3) is 5.91 Å². The summed E-state index contributed by atoms with van der Waals surface area (Å²) in [7, 11) is 1.71. The number of ether oxygens (including phenoxy) is 1. The monoisotopic (exact) mass is 311 g/mol. The fraction of sp³-hybridized carbons (Fsp3) is 0.667. The molecular formula is C15H25N3O4. The zero-order valence-electron chi connectivity index (χ0n) is 13.7. The lowest BCUT2D eigenvalue weighted by Gasteiger charge is -2.24. The third-order valence-corrected chi connectivity index (χ3v) is 3.34. The molecule has 1 amide bonds. The summed E-state index contributed by atoms with van der Waals surface area (Å²) in [5.74, 6) is -1.73. The number of carbonyl (C=O) groups is 2. The molecule has 0 aliphatic rings. The molecule has 1 aromatic rings. The number of aromatic nitrogens is 2. The third kappa shape index (κ3) is 5.14. The van der Waals surface area contributed by atoms with Crippen molar-refractivity contribution < 1.29 is 19.4 Å². The molecule has 1 aromatic heterocycles. The first-order valence-electron chi connectivity index (χ1n) is 7.47. The summed E-state index contributed by atoms with van der Waals surface area (Å²) in [5, 5.41) is 13.2. The van der Waals surface area contributed by atoms with Crippen LogP contribution in [0.2, 0.25) is 0 Å². The lowest BCUT2D eigenvalue weighted by atomic mass is 10.1. The number of aryl methyl sites for hydroxylation is 2. The molecule has 0 aromatic carbocycles. The van der Waals surface area contributed by atoms with Crippen molar-refractivity contribution in [3.05, 3.63) is 17.5 Å². The number of carboxylic acids is 1. The average molecular weight is 311 g/mol. The van der Waals surface area contributed by atoms with Gasteiger partial charge in [-0.15, -0.1) is 0 Å². The van der Waals surface area contributed by atoms with Crippen LogP contribution in [0.5, 0.6) is 0 Å². The largest absolute Gasteiger partial charge is 0.481 e. The zero-order valence-corrected chi connectivity index (χ0v) is 13.7. The molecule has 0 saturated heterocycles. The molecule has 1 heterocycles. The lowest BCUT2D eigenvalue weighted by Crippen LogP contribution is -2.38. The van der Waals surface area contributed by atoms with Crippen LogP contribution in [0, 0.1) is 12.8 Å². The van der Waals surface area contributed by atoms with Gasteiger partial charge in [-0.2, -0.15) is 5.10 Å². The molecule has 0 bridgehead atoms. The van der Waals surface area contributed by atoms with E-state index in [0.717, 1.165) is 5.69 Å². The van der Waals surface area contributed by atoms with Crippen LogP contribution in [0.3, 0.4) is 0 Å². The Morgan fingerprint density at radius 2 is 2.18 bits per heavy atom. The summed E-state index contributed by atoms with van der Waals surface area (Å²) in [4.78, 5) is 25.3. The van der Waals surface area contributed by atoms with Gasteiger partial charge in [-0.05, 0) is 26.3 Å².